The Balaban J connectivity index is 3.03. The van der Waals surface area contributed by atoms with Crippen LogP contribution in [0.25, 0.3) is 0 Å². The van der Waals surface area contributed by atoms with Crippen LogP contribution in [0.5, 0.6) is 0 Å². The molecule has 6 nitrogen and oxygen atoms in total. The molecular weight excluding hydrogens is 266 g/mol. The van der Waals surface area contributed by atoms with E-state index in [0.717, 1.165) is 10.7 Å². The summed E-state index contributed by atoms with van der Waals surface area (Å²) in [5.41, 5.74) is 11.1. The number of nitrogens with two attached hydrogens (primary N) is 2. The minimum Gasteiger partial charge on any atom is -0.399 e. The Kier molecular flexibility index (Phi) is 5.31. The first-order valence-electron chi connectivity index (χ1n) is 6.02. The SMILES string of the molecule is CCCCN(CC(N)=O)S(=O)(=O)c1ccc(N)cc1. The van der Waals surface area contributed by atoms with E-state index in [-0.39, 0.29) is 18.0 Å². The van der Waals surface area contributed by atoms with Crippen LogP contribution in [0.3, 0.4) is 0 Å². The van der Waals surface area contributed by atoms with Crippen LogP contribution in [-0.2, 0) is 14.8 Å². The molecule has 1 amide bonds. The predicted molar refractivity (Wildman–Crippen MR) is 73.7 cm³/mol. The van der Waals surface area contributed by atoms with Crippen molar-refractivity contribution in [3.8, 4) is 0 Å². The monoisotopic (exact) mass is 285 g/mol. The summed E-state index contributed by atoms with van der Waals surface area (Å²) in [6.07, 6.45) is 1.49. The molecule has 0 saturated carbocycles. The molecule has 7 heteroatoms. The van der Waals surface area contributed by atoms with Crippen molar-refractivity contribution in [3.05, 3.63) is 24.3 Å². The second-order valence-corrected chi connectivity index (χ2v) is 6.17. The van der Waals surface area contributed by atoms with E-state index in [1.54, 1.807) is 0 Å². The van der Waals surface area contributed by atoms with Crippen LogP contribution in [0.4, 0.5) is 5.69 Å². The number of amides is 1. The lowest BCUT2D eigenvalue weighted by molar-refractivity contribution is -0.118. The molecule has 0 radical (unpaired) electrons. The van der Waals surface area contributed by atoms with Gasteiger partial charge in [0.25, 0.3) is 0 Å². The normalized spacial score (nSPS) is 11.7. The molecule has 0 aliphatic heterocycles. The van der Waals surface area contributed by atoms with Crippen LogP contribution in [0.15, 0.2) is 29.2 Å². The highest BCUT2D eigenvalue weighted by molar-refractivity contribution is 7.89. The maximum atomic E-state index is 12.4. The van der Waals surface area contributed by atoms with Crippen molar-refractivity contribution in [2.24, 2.45) is 5.73 Å². The van der Waals surface area contributed by atoms with E-state index in [2.05, 4.69) is 0 Å². The van der Waals surface area contributed by atoms with E-state index >= 15 is 0 Å². The summed E-state index contributed by atoms with van der Waals surface area (Å²) < 4.78 is 25.8. The molecule has 0 unspecified atom stereocenters. The van der Waals surface area contributed by atoms with Gasteiger partial charge in [-0.2, -0.15) is 4.31 Å². The highest BCUT2D eigenvalue weighted by Gasteiger charge is 2.25. The molecule has 0 spiro atoms. The minimum absolute atomic E-state index is 0.110. The maximum Gasteiger partial charge on any atom is 0.243 e. The molecule has 0 saturated heterocycles. The van der Waals surface area contributed by atoms with Gasteiger partial charge in [0.05, 0.1) is 11.4 Å². The van der Waals surface area contributed by atoms with E-state index < -0.39 is 15.9 Å². The standard InChI is InChI=1S/C12H19N3O3S/c1-2-3-8-15(9-12(14)16)19(17,18)11-6-4-10(13)5-7-11/h4-7H,2-3,8-9,13H2,1H3,(H2,14,16). The second-order valence-electron chi connectivity index (χ2n) is 4.23. The maximum absolute atomic E-state index is 12.4. The molecule has 4 N–H and O–H groups in total. The van der Waals surface area contributed by atoms with Gasteiger partial charge in [-0.05, 0) is 30.7 Å². The molecular formula is C12H19N3O3S. The van der Waals surface area contributed by atoms with Gasteiger partial charge in [0.15, 0.2) is 0 Å². The number of nitrogens with zero attached hydrogens (tertiary/aromatic N) is 1. The Morgan fingerprint density at radius 2 is 1.84 bits per heavy atom. The fourth-order valence-corrected chi connectivity index (χ4v) is 3.03. The summed E-state index contributed by atoms with van der Waals surface area (Å²) in [6, 6.07) is 5.86. The van der Waals surface area contributed by atoms with Crippen molar-refractivity contribution in [1.29, 1.82) is 0 Å². The van der Waals surface area contributed by atoms with E-state index in [0.29, 0.717) is 12.1 Å². The number of sulfonamides is 1. The number of rotatable bonds is 7. The Labute approximate surface area is 113 Å². The fourth-order valence-electron chi connectivity index (χ4n) is 1.58. The van der Waals surface area contributed by atoms with Crippen LogP contribution >= 0.6 is 0 Å². The van der Waals surface area contributed by atoms with Crippen molar-refractivity contribution in [3.63, 3.8) is 0 Å². The number of anilines is 1. The van der Waals surface area contributed by atoms with Gasteiger partial charge in [-0.3, -0.25) is 4.79 Å². The summed E-state index contributed by atoms with van der Waals surface area (Å²) >= 11 is 0. The first-order valence-corrected chi connectivity index (χ1v) is 7.46. The first-order chi connectivity index (χ1) is 8.87. The van der Waals surface area contributed by atoms with Crippen LogP contribution < -0.4 is 11.5 Å². The highest BCUT2D eigenvalue weighted by atomic mass is 32.2. The van der Waals surface area contributed by atoms with Crippen molar-refractivity contribution < 1.29 is 13.2 Å². The van der Waals surface area contributed by atoms with E-state index in [1.807, 2.05) is 6.92 Å². The van der Waals surface area contributed by atoms with Gasteiger partial charge in [0.1, 0.15) is 0 Å². The van der Waals surface area contributed by atoms with E-state index in [4.69, 9.17) is 11.5 Å². The topological polar surface area (TPSA) is 106 Å². The summed E-state index contributed by atoms with van der Waals surface area (Å²) in [7, 11) is -3.71. The number of hydrogen-bond donors (Lipinski definition) is 2. The lowest BCUT2D eigenvalue weighted by atomic mass is 10.3. The largest absolute Gasteiger partial charge is 0.399 e. The molecule has 0 heterocycles. The third-order valence-corrected chi connectivity index (χ3v) is 4.47. The van der Waals surface area contributed by atoms with Crippen molar-refractivity contribution in [2.45, 2.75) is 24.7 Å². The summed E-state index contributed by atoms with van der Waals surface area (Å²) in [5, 5.41) is 0. The number of unbranched alkanes of at least 4 members (excludes halogenated alkanes) is 1. The lowest BCUT2D eigenvalue weighted by Gasteiger charge is -2.20. The number of carbonyl (C=O) groups excluding carboxylic acids is 1. The zero-order chi connectivity index (χ0) is 14.5. The molecule has 0 aliphatic carbocycles. The summed E-state index contributed by atoms with van der Waals surface area (Å²) in [4.78, 5) is 11.1. The van der Waals surface area contributed by atoms with Gasteiger partial charge >= 0.3 is 0 Å². The highest BCUT2D eigenvalue weighted by Crippen LogP contribution is 2.17. The third-order valence-electron chi connectivity index (χ3n) is 2.61. The van der Waals surface area contributed by atoms with Crippen LogP contribution in [0.2, 0.25) is 0 Å². The fraction of sp³-hybridized carbons (Fsp3) is 0.417. The number of primary amides is 1. The van der Waals surface area contributed by atoms with Gasteiger partial charge in [0, 0.05) is 12.2 Å². The Morgan fingerprint density at radius 3 is 2.32 bits per heavy atom. The number of benzene rings is 1. The molecule has 0 atom stereocenters. The van der Waals surface area contributed by atoms with Gasteiger partial charge in [-0.1, -0.05) is 13.3 Å². The summed E-state index contributed by atoms with van der Waals surface area (Å²) in [6.45, 7) is 1.90. The predicted octanol–water partition coefficient (Wildman–Crippen LogP) is 0.545. The molecule has 0 aliphatic rings. The average molecular weight is 285 g/mol. The van der Waals surface area contributed by atoms with Gasteiger partial charge in [-0.15, -0.1) is 0 Å². The van der Waals surface area contributed by atoms with Crippen LogP contribution in [0, 0.1) is 0 Å². The zero-order valence-electron chi connectivity index (χ0n) is 10.9. The molecule has 19 heavy (non-hydrogen) atoms. The van der Waals surface area contributed by atoms with Gasteiger partial charge < -0.3 is 11.5 Å². The molecule has 1 aromatic carbocycles. The summed E-state index contributed by atoms with van der Waals surface area (Å²) in [5.74, 6) is -0.671. The molecule has 106 valence electrons. The first kappa shape index (κ1) is 15.5. The molecule has 0 aromatic heterocycles. The molecule has 0 bridgehead atoms. The Morgan fingerprint density at radius 1 is 1.26 bits per heavy atom. The molecule has 0 fully saturated rings. The Hall–Kier alpha value is -1.60. The number of nitrogen functional groups attached to an aromatic ring is 1. The van der Waals surface area contributed by atoms with Crippen LogP contribution in [0.1, 0.15) is 19.8 Å². The average Bonchev–Trinajstić information content (AvgIpc) is 2.34. The van der Waals surface area contributed by atoms with Crippen LogP contribution in [-0.4, -0.2) is 31.7 Å². The second kappa shape index (κ2) is 6.53. The van der Waals surface area contributed by atoms with Crippen molar-refractivity contribution in [1.82, 2.24) is 4.31 Å². The smallest absolute Gasteiger partial charge is 0.243 e. The minimum atomic E-state index is -3.71. The quantitative estimate of drug-likeness (QED) is 0.713. The number of hydrogen-bond acceptors (Lipinski definition) is 4. The van der Waals surface area contributed by atoms with Crippen molar-refractivity contribution in [2.75, 3.05) is 18.8 Å². The van der Waals surface area contributed by atoms with E-state index in [1.165, 1.54) is 24.3 Å². The Bertz CT molecular complexity index is 526. The van der Waals surface area contributed by atoms with Crippen molar-refractivity contribution >= 4 is 21.6 Å². The number of carbonyl (C=O) groups is 1. The zero-order valence-corrected chi connectivity index (χ0v) is 11.7. The van der Waals surface area contributed by atoms with Gasteiger partial charge in [-0.25, -0.2) is 8.42 Å². The third kappa shape index (κ3) is 4.22. The molecule has 1 aromatic rings. The molecule has 1 rings (SSSR count). The van der Waals surface area contributed by atoms with E-state index in [9.17, 15) is 13.2 Å². The lowest BCUT2D eigenvalue weighted by Crippen LogP contribution is -2.39. The van der Waals surface area contributed by atoms with Gasteiger partial charge in [0.2, 0.25) is 15.9 Å².